The van der Waals surface area contributed by atoms with E-state index in [1.54, 1.807) is 0 Å². The molecule has 0 atom stereocenters. The summed E-state index contributed by atoms with van der Waals surface area (Å²) in [5.74, 6) is 1.00. The second-order valence-corrected chi connectivity index (χ2v) is 5.16. The van der Waals surface area contributed by atoms with Crippen LogP contribution in [0.1, 0.15) is 24.8 Å². The van der Waals surface area contributed by atoms with Crippen LogP contribution >= 0.6 is 24.0 Å². The Morgan fingerprint density at radius 3 is 2.71 bits per heavy atom. The Kier molecular flexibility index (Phi) is 3.86. The Morgan fingerprint density at radius 1 is 1.18 bits per heavy atom. The molecule has 1 fully saturated rings. The van der Waals surface area contributed by atoms with Gasteiger partial charge in [0, 0.05) is 10.6 Å². The van der Waals surface area contributed by atoms with Crippen molar-refractivity contribution in [2.45, 2.75) is 31.3 Å². The molecule has 3 rings (SSSR count). The maximum atomic E-state index is 6.22. The van der Waals surface area contributed by atoms with Crippen LogP contribution in [0.25, 0.3) is 0 Å². The average molecular weight is 274 g/mol. The van der Waals surface area contributed by atoms with E-state index in [2.05, 4.69) is 5.32 Å². The first-order chi connectivity index (χ1) is 7.79. The summed E-state index contributed by atoms with van der Waals surface area (Å²) >= 11 is 6.18. The number of rotatable bonds is 0. The van der Waals surface area contributed by atoms with Gasteiger partial charge in [-0.15, -0.1) is 12.4 Å². The van der Waals surface area contributed by atoms with Crippen LogP contribution in [0.3, 0.4) is 0 Å². The van der Waals surface area contributed by atoms with E-state index in [0.717, 1.165) is 49.5 Å². The van der Waals surface area contributed by atoms with Gasteiger partial charge in [0.25, 0.3) is 0 Å². The molecule has 0 aliphatic carbocycles. The fraction of sp³-hybridized carbons (Fsp3) is 0.538. The lowest BCUT2D eigenvalue weighted by Crippen LogP contribution is -2.48. The van der Waals surface area contributed by atoms with Crippen molar-refractivity contribution < 1.29 is 4.74 Å². The fourth-order valence-corrected chi connectivity index (χ4v) is 3.01. The van der Waals surface area contributed by atoms with Crippen molar-refractivity contribution in [2.24, 2.45) is 0 Å². The number of nitrogens with one attached hydrogen (secondary N) is 1. The van der Waals surface area contributed by atoms with Crippen LogP contribution in [0.15, 0.2) is 18.2 Å². The summed E-state index contributed by atoms with van der Waals surface area (Å²) < 4.78 is 6.22. The molecule has 0 saturated carbocycles. The molecule has 2 heterocycles. The molecule has 1 aromatic carbocycles. The van der Waals surface area contributed by atoms with Crippen molar-refractivity contribution in [2.75, 3.05) is 13.1 Å². The molecule has 1 spiro atoms. The standard InChI is InChI=1S/C13H16ClNO.ClH/c14-11-2-1-3-12-10(11)4-5-13(16-12)6-8-15-9-7-13;/h1-3,15H,4-9H2;1H. The molecule has 4 heteroatoms. The zero-order valence-electron chi connectivity index (χ0n) is 9.67. The predicted octanol–water partition coefficient (Wildman–Crippen LogP) is 3.21. The van der Waals surface area contributed by atoms with Gasteiger partial charge in [0.2, 0.25) is 0 Å². The highest BCUT2D eigenvalue weighted by Crippen LogP contribution is 2.40. The van der Waals surface area contributed by atoms with E-state index in [-0.39, 0.29) is 18.0 Å². The van der Waals surface area contributed by atoms with Gasteiger partial charge in [-0.1, -0.05) is 17.7 Å². The highest BCUT2D eigenvalue weighted by molar-refractivity contribution is 6.31. The number of piperidine rings is 1. The molecule has 1 saturated heterocycles. The molecule has 2 aliphatic heterocycles. The van der Waals surface area contributed by atoms with E-state index < -0.39 is 0 Å². The minimum absolute atomic E-state index is 0. The molecular formula is C13H17Cl2NO. The lowest BCUT2D eigenvalue weighted by Gasteiger charge is -2.41. The van der Waals surface area contributed by atoms with Crippen molar-refractivity contribution in [3.05, 3.63) is 28.8 Å². The van der Waals surface area contributed by atoms with Crippen molar-refractivity contribution in [3.63, 3.8) is 0 Å². The molecule has 17 heavy (non-hydrogen) atoms. The Balaban J connectivity index is 0.00000108. The minimum atomic E-state index is 0. The van der Waals surface area contributed by atoms with Crippen LogP contribution in [0.5, 0.6) is 5.75 Å². The van der Waals surface area contributed by atoms with Gasteiger partial charge >= 0.3 is 0 Å². The smallest absolute Gasteiger partial charge is 0.124 e. The normalized spacial score (nSPS) is 21.2. The topological polar surface area (TPSA) is 21.3 Å². The zero-order chi connectivity index (χ0) is 11.0. The fourth-order valence-electron chi connectivity index (χ4n) is 2.75. The number of hydrogen-bond donors (Lipinski definition) is 1. The summed E-state index contributed by atoms with van der Waals surface area (Å²) in [7, 11) is 0. The molecule has 0 aromatic heterocycles. The van der Waals surface area contributed by atoms with E-state index in [0.29, 0.717) is 0 Å². The Bertz CT molecular complexity index is 402. The van der Waals surface area contributed by atoms with Crippen LogP contribution in [-0.2, 0) is 6.42 Å². The SMILES string of the molecule is Cl.Clc1cccc2c1CCC1(CCNCC1)O2. The third kappa shape index (κ3) is 2.40. The maximum absolute atomic E-state index is 6.22. The summed E-state index contributed by atoms with van der Waals surface area (Å²) in [6.07, 6.45) is 4.37. The van der Waals surface area contributed by atoms with E-state index in [1.165, 1.54) is 5.56 Å². The summed E-state index contributed by atoms with van der Waals surface area (Å²) in [6, 6.07) is 5.97. The van der Waals surface area contributed by atoms with Crippen molar-refractivity contribution in [1.82, 2.24) is 5.32 Å². The number of fused-ring (bicyclic) bond motifs is 1. The molecule has 0 bridgehead atoms. The molecule has 1 N–H and O–H groups in total. The minimum Gasteiger partial charge on any atom is -0.487 e. The first kappa shape index (κ1) is 13.0. The van der Waals surface area contributed by atoms with Gasteiger partial charge in [0.15, 0.2) is 0 Å². The first-order valence-corrected chi connectivity index (χ1v) is 6.34. The van der Waals surface area contributed by atoms with Gasteiger partial charge in [-0.3, -0.25) is 0 Å². The predicted molar refractivity (Wildman–Crippen MR) is 72.5 cm³/mol. The first-order valence-electron chi connectivity index (χ1n) is 5.96. The second kappa shape index (κ2) is 5.05. The summed E-state index contributed by atoms with van der Waals surface area (Å²) in [5.41, 5.74) is 1.26. The van der Waals surface area contributed by atoms with Gasteiger partial charge in [0.05, 0.1) is 0 Å². The number of benzene rings is 1. The molecule has 94 valence electrons. The summed E-state index contributed by atoms with van der Waals surface area (Å²) in [4.78, 5) is 0. The Hall–Kier alpha value is -0.440. The van der Waals surface area contributed by atoms with Crippen LogP contribution < -0.4 is 10.1 Å². The highest BCUT2D eigenvalue weighted by atomic mass is 35.5. The van der Waals surface area contributed by atoms with Gasteiger partial charge in [-0.25, -0.2) is 0 Å². The van der Waals surface area contributed by atoms with Gasteiger partial charge in [-0.2, -0.15) is 0 Å². The number of hydrogen-bond acceptors (Lipinski definition) is 2. The molecular weight excluding hydrogens is 257 g/mol. The molecule has 2 aliphatic rings. The Labute approximate surface area is 113 Å². The lowest BCUT2D eigenvalue weighted by atomic mass is 9.84. The molecule has 0 unspecified atom stereocenters. The quantitative estimate of drug-likeness (QED) is 0.784. The third-order valence-corrected chi connectivity index (χ3v) is 4.10. The maximum Gasteiger partial charge on any atom is 0.124 e. The third-order valence-electron chi connectivity index (χ3n) is 3.75. The average Bonchev–Trinajstić information content (AvgIpc) is 2.30. The molecule has 1 aromatic rings. The summed E-state index contributed by atoms with van der Waals surface area (Å²) in [6.45, 7) is 2.13. The van der Waals surface area contributed by atoms with E-state index in [1.807, 2.05) is 18.2 Å². The largest absolute Gasteiger partial charge is 0.487 e. The second-order valence-electron chi connectivity index (χ2n) is 4.75. The van der Waals surface area contributed by atoms with E-state index >= 15 is 0 Å². The lowest BCUT2D eigenvalue weighted by molar-refractivity contribution is 0.0170. The monoisotopic (exact) mass is 273 g/mol. The summed E-state index contributed by atoms with van der Waals surface area (Å²) in [5, 5.41) is 4.23. The molecule has 0 radical (unpaired) electrons. The molecule has 2 nitrogen and oxygen atoms in total. The van der Waals surface area contributed by atoms with E-state index in [4.69, 9.17) is 16.3 Å². The van der Waals surface area contributed by atoms with Gasteiger partial charge in [-0.05, 0) is 50.9 Å². The van der Waals surface area contributed by atoms with Crippen molar-refractivity contribution in [1.29, 1.82) is 0 Å². The van der Waals surface area contributed by atoms with Gasteiger partial charge in [0.1, 0.15) is 11.4 Å². The molecule has 0 amide bonds. The zero-order valence-corrected chi connectivity index (χ0v) is 11.2. The van der Waals surface area contributed by atoms with Crippen LogP contribution in [0.2, 0.25) is 5.02 Å². The van der Waals surface area contributed by atoms with Crippen molar-refractivity contribution in [3.8, 4) is 5.75 Å². The number of ether oxygens (including phenoxy) is 1. The number of halogens is 2. The van der Waals surface area contributed by atoms with Gasteiger partial charge < -0.3 is 10.1 Å². The van der Waals surface area contributed by atoms with E-state index in [9.17, 15) is 0 Å². The van der Waals surface area contributed by atoms with Crippen LogP contribution in [0, 0.1) is 0 Å². The Morgan fingerprint density at radius 2 is 1.94 bits per heavy atom. The van der Waals surface area contributed by atoms with Crippen LogP contribution in [0.4, 0.5) is 0 Å². The van der Waals surface area contributed by atoms with Crippen LogP contribution in [-0.4, -0.2) is 18.7 Å². The van der Waals surface area contributed by atoms with Crippen molar-refractivity contribution >= 4 is 24.0 Å². The highest BCUT2D eigenvalue weighted by Gasteiger charge is 2.37.